The van der Waals surface area contributed by atoms with E-state index in [-0.39, 0.29) is 17.8 Å². The molecule has 1 amide bonds. The molecular formula is C23H25BrN4O2S. The maximum Gasteiger partial charge on any atom is 0.234 e. The lowest BCUT2D eigenvalue weighted by Crippen LogP contribution is -2.16. The van der Waals surface area contributed by atoms with Gasteiger partial charge < -0.3 is 10.1 Å². The van der Waals surface area contributed by atoms with Gasteiger partial charge in [0.1, 0.15) is 5.75 Å². The summed E-state index contributed by atoms with van der Waals surface area (Å²) in [7, 11) is 0. The second-order valence-electron chi connectivity index (χ2n) is 7.11. The van der Waals surface area contributed by atoms with Crippen LogP contribution < -0.4 is 10.1 Å². The number of nitrogens with zero attached hydrogens (tertiary/aromatic N) is 3. The normalized spacial score (nSPS) is 11.7. The van der Waals surface area contributed by atoms with Gasteiger partial charge in [0.25, 0.3) is 0 Å². The summed E-state index contributed by atoms with van der Waals surface area (Å²) in [6, 6.07) is 13.6. The van der Waals surface area contributed by atoms with Gasteiger partial charge in [0.2, 0.25) is 5.91 Å². The highest BCUT2D eigenvalue weighted by atomic mass is 79.9. The fourth-order valence-corrected chi connectivity index (χ4v) is 4.07. The number of aryl methyl sites for hydroxylation is 2. The molecule has 0 radical (unpaired) electrons. The standard InChI is InChI=1S/C23H25BrN4O2S/c1-5-12-28-22(17(4)30-19-9-7-18(24)8-10-19)26-27-23(28)31-14-21(29)25-20-11-6-15(2)13-16(20)3/h5-11,13,17H,1,12,14H2,2-4H3,(H,25,29). The quantitative estimate of drug-likeness (QED) is 0.300. The molecule has 1 aromatic heterocycles. The third-order valence-corrected chi connectivity index (χ3v) is 6.03. The summed E-state index contributed by atoms with van der Waals surface area (Å²) in [5.74, 6) is 1.56. The van der Waals surface area contributed by atoms with Crippen LogP contribution in [-0.4, -0.2) is 26.4 Å². The average Bonchev–Trinajstić information content (AvgIpc) is 3.13. The highest BCUT2D eigenvalue weighted by molar-refractivity contribution is 9.10. The number of amides is 1. The Morgan fingerprint density at radius 1 is 1.26 bits per heavy atom. The number of hydrogen-bond acceptors (Lipinski definition) is 5. The predicted molar refractivity (Wildman–Crippen MR) is 129 cm³/mol. The van der Waals surface area contributed by atoms with Crippen molar-refractivity contribution >= 4 is 39.3 Å². The second kappa shape index (κ2) is 10.6. The third kappa shape index (κ3) is 6.21. The zero-order chi connectivity index (χ0) is 22.4. The maximum atomic E-state index is 12.5. The number of ether oxygens (including phenoxy) is 1. The number of rotatable bonds is 9. The van der Waals surface area contributed by atoms with E-state index >= 15 is 0 Å². The molecule has 0 bridgehead atoms. The SMILES string of the molecule is C=CCn1c(SCC(=O)Nc2ccc(C)cc2C)nnc1C(C)Oc1ccc(Br)cc1. The van der Waals surface area contributed by atoms with Crippen molar-refractivity contribution < 1.29 is 9.53 Å². The van der Waals surface area contributed by atoms with Gasteiger partial charge in [-0.15, -0.1) is 16.8 Å². The predicted octanol–water partition coefficient (Wildman–Crippen LogP) is 5.71. The Balaban J connectivity index is 1.67. The Morgan fingerprint density at radius 2 is 2.00 bits per heavy atom. The summed E-state index contributed by atoms with van der Waals surface area (Å²) in [5.41, 5.74) is 3.02. The molecule has 162 valence electrons. The molecule has 8 heteroatoms. The van der Waals surface area contributed by atoms with Crippen LogP contribution in [0.1, 0.15) is 30.0 Å². The molecule has 3 aromatic rings. The summed E-state index contributed by atoms with van der Waals surface area (Å²) in [5, 5.41) is 12.2. The van der Waals surface area contributed by atoms with Gasteiger partial charge >= 0.3 is 0 Å². The summed E-state index contributed by atoms with van der Waals surface area (Å²) < 4.78 is 8.92. The van der Waals surface area contributed by atoms with Gasteiger partial charge in [0.15, 0.2) is 17.1 Å². The van der Waals surface area contributed by atoms with Crippen LogP contribution in [0, 0.1) is 13.8 Å². The van der Waals surface area contributed by atoms with Gasteiger partial charge in [0, 0.05) is 16.7 Å². The van der Waals surface area contributed by atoms with E-state index in [1.165, 1.54) is 11.8 Å². The number of carbonyl (C=O) groups is 1. The molecule has 31 heavy (non-hydrogen) atoms. The van der Waals surface area contributed by atoms with Crippen LogP contribution in [0.15, 0.2) is 64.7 Å². The van der Waals surface area contributed by atoms with E-state index in [1.807, 2.05) is 67.8 Å². The van der Waals surface area contributed by atoms with Crippen molar-refractivity contribution in [3.8, 4) is 5.75 Å². The van der Waals surface area contributed by atoms with Gasteiger partial charge in [-0.2, -0.15) is 0 Å². The van der Waals surface area contributed by atoms with Gasteiger partial charge in [-0.1, -0.05) is 51.5 Å². The highest BCUT2D eigenvalue weighted by Crippen LogP contribution is 2.26. The number of allylic oxidation sites excluding steroid dienone is 1. The summed E-state index contributed by atoms with van der Waals surface area (Å²) >= 11 is 4.76. The van der Waals surface area contributed by atoms with Crippen molar-refractivity contribution in [1.82, 2.24) is 14.8 Å². The molecule has 1 heterocycles. The monoisotopic (exact) mass is 500 g/mol. The number of nitrogens with one attached hydrogen (secondary N) is 1. The minimum Gasteiger partial charge on any atom is -0.483 e. The first kappa shape index (κ1) is 23.1. The number of thioether (sulfide) groups is 1. The zero-order valence-electron chi connectivity index (χ0n) is 17.8. The number of aromatic nitrogens is 3. The molecule has 1 unspecified atom stereocenters. The molecule has 6 nitrogen and oxygen atoms in total. The van der Waals surface area contributed by atoms with E-state index in [0.29, 0.717) is 17.5 Å². The Morgan fingerprint density at radius 3 is 2.68 bits per heavy atom. The van der Waals surface area contributed by atoms with Crippen LogP contribution >= 0.6 is 27.7 Å². The van der Waals surface area contributed by atoms with Crippen LogP contribution in [-0.2, 0) is 11.3 Å². The van der Waals surface area contributed by atoms with Crippen LogP contribution in [0.5, 0.6) is 5.75 Å². The lowest BCUT2D eigenvalue weighted by molar-refractivity contribution is -0.113. The fraction of sp³-hybridized carbons (Fsp3) is 0.261. The molecule has 0 aliphatic carbocycles. The van der Waals surface area contributed by atoms with Gasteiger partial charge in [-0.25, -0.2) is 0 Å². The maximum absolute atomic E-state index is 12.5. The zero-order valence-corrected chi connectivity index (χ0v) is 20.2. The molecule has 0 saturated carbocycles. The lowest BCUT2D eigenvalue weighted by Gasteiger charge is -2.16. The summed E-state index contributed by atoms with van der Waals surface area (Å²) in [6.45, 7) is 10.3. The van der Waals surface area contributed by atoms with Crippen LogP contribution in [0.4, 0.5) is 5.69 Å². The largest absolute Gasteiger partial charge is 0.483 e. The second-order valence-corrected chi connectivity index (χ2v) is 8.97. The Kier molecular flexibility index (Phi) is 7.92. The molecule has 2 aromatic carbocycles. The van der Waals surface area contributed by atoms with E-state index in [4.69, 9.17) is 4.74 Å². The number of benzene rings is 2. The van der Waals surface area contributed by atoms with E-state index in [0.717, 1.165) is 27.0 Å². The van der Waals surface area contributed by atoms with Crippen molar-refractivity contribution in [1.29, 1.82) is 0 Å². The smallest absolute Gasteiger partial charge is 0.234 e. The van der Waals surface area contributed by atoms with E-state index in [2.05, 4.69) is 38.0 Å². The molecular weight excluding hydrogens is 476 g/mol. The highest BCUT2D eigenvalue weighted by Gasteiger charge is 2.20. The number of anilines is 1. The number of carbonyl (C=O) groups excluding carboxylic acids is 1. The summed E-state index contributed by atoms with van der Waals surface area (Å²) in [6.07, 6.45) is 1.46. The van der Waals surface area contributed by atoms with Crippen molar-refractivity contribution in [3.05, 3.63) is 76.5 Å². The van der Waals surface area contributed by atoms with Crippen LogP contribution in [0.3, 0.4) is 0 Å². The van der Waals surface area contributed by atoms with E-state index < -0.39 is 0 Å². The molecule has 0 aliphatic heterocycles. The molecule has 0 saturated heterocycles. The first-order chi connectivity index (χ1) is 14.9. The third-order valence-electron chi connectivity index (χ3n) is 4.54. The van der Waals surface area contributed by atoms with Crippen molar-refractivity contribution in [2.75, 3.05) is 11.1 Å². The molecule has 1 N–H and O–H groups in total. The summed E-state index contributed by atoms with van der Waals surface area (Å²) in [4.78, 5) is 12.5. The van der Waals surface area contributed by atoms with Crippen molar-refractivity contribution in [2.24, 2.45) is 0 Å². The van der Waals surface area contributed by atoms with Crippen LogP contribution in [0.25, 0.3) is 0 Å². The molecule has 3 rings (SSSR count). The molecule has 0 spiro atoms. The first-order valence-electron chi connectivity index (χ1n) is 9.83. The minimum absolute atomic E-state index is 0.0918. The number of hydrogen-bond donors (Lipinski definition) is 1. The van der Waals surface area contributed by atoms with Crippen molar-refractivity contribution in [2.45, 2.75) is 38.6 Å². The molecule has 0 aliphatic rings. The van der Waals surface area contributed by atoms with E-state index in [9.17, 15) is 4.79 Å². The number of halogens is 1. The van der Waals surface area contributed by atoms with Crippen molar-refractivity contribution in [3.63, 3.8) is 0 Å². The first-order valence-corrected chi connectivity index (χ1v) is 11.6. The minimum atomic E-state index is -0.313. The lowest BCUT2D eigenvalue weighted by atomic mass is 10.1. The van der Waals surface area contributed by atoms with E-state index in [1.54, 1.807) is 6.08 Å². The fourth-order valence-electron chi connectivity index (χ4n) is 3.05. The van der Waals surface area contributed by atoms with Gasteiger partial charge in [-0.3, -0.25) is 9.36 Å². The molecule has 0 fully saturated rings. The Bertz CT molecular complexity index is 1070. The Labute approximate surface area is 195 Å². The Hall–Kier alpha value is -2.58. The van der Waals surface area contributed by atoms with Gasteiger partial charge in [0.05, 0.1) is 5.75 Å². The van der Waals surface area contributed by atoms with Crippen LogP contribution in [0.2, 0.25) is 0 Å². The molecule has 1 atom stereocenters. The average molecular weight is 501 g/mol. The topological polar surface area (TPSA) is 69.0 Å². The van der Waals surface area contributed by atoms with Gasteiger partial charge in [-0.05, 0) is 56.7 Å².